The number of nitrogens with zero attached hydrogens (tertiary/aromatic N) is 1. The minimum atomic E-state index is 0.420. The van der Waals surface area contributed by atoms with Crippen LogP contribution in [0.5, 0.6) is 0 Å². The highest BCUT2D eigenvalue weighted by molar-refractivity contribution is 5.94. The van der Waals surface area contributed by atoms with Crippen molar-refractivity contribution in [1.29, 1.82) is 0 Å². The summed E-state index contributed by atoms with van der Waals surface area (Å²) >= 11 is 0. The molecule has 0 radical (unpaired) electrons. The first-order chi connectivity index (χ1) is 10.3. The van der Waals surface area contributed by atoms with Crippen LogP contribution in [0.15, 0.2) is 53.2 Å². The first-order valence-electron chi connectivity index (χ1n) is 7.43. The van der Waals surface area contributed by atoms with E-state index in [2.05, 4.69) is 54.5 Å². The van der Waals surface area contributed by atoms with E-state index in [4.69, 9.17) is 4.42 Å². The topological polar surface area (TPSA) is 38.1 Å². The van der Waals surface area contributed by atoms with Gasteiger partial charge in [-0.3, -0.25) is 4.98 Å². The highest BCUT2D eigenvalue weighted by Gasteiger charge is 2.10. The van der Waals surface area contributed by atoms with Gasteiger partial charge in [0, 0.05) is 35.8 Å². The van der Waals surface area contributed by atoms with Crippen molar-refractivity contribution in [2.45, 2.75) is 26.3 Å². The number of rotatable bonds is 5. The van der Waals surface area contributed by atoms with Crippen LogP contribution in [-0.2, 0) is 6.42 Å². The maximum Gasteiger partial charge on any atom is 0.134 e. The Morgan fingerprint density at radius 1 is 1.19 bits per heavy atom. The van der Waals surface area contributed by atoms with E-state index in [9.17, 15) is 0 Å². The second-order valence-corrected chi connectivity index (χ2v) is 5.33. The smallest absolute Gasteiger partial charge is 0.134 e. The van der Waals surface area contributed by atoms with Gasteiger partial charge in [0.05, 0.1) is 0 Å². The first-order valence-corrected chi connectivity index (χ1v) is 7.43. The van der Waals surface area contributed by atoms with Gasteiger partial charge >= 0.3 is 0 Å². The fourth-order valence-electron chi connectivity index (χ4n) is 2.68. The molecule has 0 aliphatic heterocycles. The van der Waals surface area contributed by atoms with Gasteiger partial charge in [0.1, 0.15) is 11.5 Å². The fraction of sp³-hybridized carbons (Fsp3) is 0.278. The Bertz CT molecular complexity index is 727. The molecule has 2 aromatic heterocycles. The molecule has 1 atom stereocenters. The molecule has 0 bridgehead atoms. The number of pyridine rings is 1. The number of hydrogen-bond donors (Lipinski definition) is 1. The Morgan fingerprint density at radius 2 is 2.10 bits per heavy atom. The lowest BCUT2D eigenvalue weighted by atomic mass is 10.1. The second-order valence-electron chi connectivity index (χ2n) is 5.33. The summed E-state index contributed by atoms with van der Waals surface area (Å²) in [4.78, 5) is 4.23. The molecule has 2 heterocycles. The molecular weight excluding hydrogens is 260 g/mol. The van der Waals surface area contributed by atoms with Crippen LogP contribution < -0.4 is 5.32 Å². The number of furan rings is 1. The summed E-state index contributed by atoms with van der Waals surface area (Å²) in [5, 5.41) is 5.71. The summed E-state index contributed by atoms with van der Waals surface area (Å²) in [6.45, 7) is 5.27. The van der Waals surface area contributed by atoms with Crippen LogP contribution in [0.4, 0.5) is 0 Å². The molecule has 3 heteroatoms. The van der Waals surface area contributed by atoms with E-state index in [-0.39, 0.29) is 0 Å². The number of fused-ring (bicyclic) bond motifs is 1. The van der Waals surface area contributed by atoms with Crippen LogP contribution in [0, 0.1) is 0 Å². The van der Waals surface area contributed by atoms with Crippen molar-refractivity contribution in [1.82, 2.24) is 10.3 Å². The van der Waals surface area contributed by atoms with Crippen molar-refractivity contribution in [3.8, 4) is 11.3 Å². The number of nitrogens with one attached hydrogen (secondary N) is 1. The van der Waals surface area contributed by atoms with E-state index in [0.717, 1.165) is 35.4 Å². The largest absolute Gasteiger partial charge is 0.461 e. The molecule has 0 fully saturated rings. The maximum atomic E-state index is 6.03. The van der Waals surface area contributed by atoms with Crippen molar-refractivity contribution in [3.63, 3.8) is 0 Å². The number of likely N-dealkylation sites (N-methyl/N-ethyl adjacent to an activating group) is 1. The average Bonchev–Trinajstić information content (AvgIpc) is 2.95. The van der Waals surface area contributed by atoms with Gasteiger partial charge in [-0.05, 0) is 37.1 Å². The van der Waals surface area contributed by atoms with Crippen LogP contribution in [-0.4, -0.2) is 17.6 Å². The van der Waals surface area contributed by atoms with E-state index in [1.165, 1.54) is 5.39 Å². The molecule has 3 rings (SSSR count). The summed E-state index contributed by atoms with van der Waals surface area (Å²) in [6, 6.07) is 12.8. The highest BCUT2D eigenvalue weighted by Crippen LogP contribution is 2.29. The Balaban J connectivity index is 1.91. The Labute approximate surface area is 125 Å². The minimum Gasteiger partial charge on any atom is -0.461 e. The van der Waals surface area contributed by atoms with Crippen LogP contribution in [0.3, 0.4) is 0 Å². The molecule has 3 aromatic rings. The molecule has 0 spiro atoms. The molecule has 1 unspecified atom stereocenters. The van der Waals surface area contributed by atoms with Gasteiger partial charge in [-0.1, -0.05) is 25.1 Å². The van der Waals surface area contributed by atoms with Crippen molar-refractivity contribution in [2.24, 2.45) is 0 Å². The predicted octanol–water partition coefficient (Wildman–Crippen LogP) is 4.04. The Kier molecular flexibility index (Phi) is 4.02. The second kappa shape index (κ2) is 6.10. The van der Waals surface area contributed by atoms with Crippen molar-refractivity contribution < 1.29 is 4.42 Å². The van der Waals surface area contributed by atoms with Gasteiger partial charge in [-0.25, -0.2) is 0 Å². The van der Waals surface area contributed by atoms with Crippen LogP contribution in [0.1, 0.15) is 19.6 Å². The first kappa shape index (κ1) is 13.8. The van der Waals surface area contributed by atoms with E-state index in [1.807, 2.05) is 18.5 Å². The fourth-order valence-corrected chi connectivity index (χ4v) is 2.68. The normalized spacial score (nSPS) is 12.7. The van der Waals surface area contributed by atoms with Crippen molar-refractivity contribution in [2.75, 3.05) is 6.54 Å². The zero-order valence-corrected chi connectivity index (χ0v) is 12.5. The third kappa shape index (κ3) is 2.98. The van der Waals surface area contributed by atoms with Crippen molar-refractivity contribution >= 4 is 10.8 Å². The Hall–Kier alpha value is -2.13. The van der Waals surface area contributed by atoms with Gasteiger partial charge in [0.25, 0.3) is 0 Å². The maximum absolute atomic E-state index is 6.03. The molecule has 0 aliphatic carbocycles. The molecular formula is C18H20N2O. The van der Waals surface area contributed by atoms with Crippen LogP contribution >= 0.6 is 0 Å². The van der Waals surface area contributed by atoms with Gasteiger partial charge in [-0.2, -0.15) is 0 Å². The molecule has 1 aromatic carbocycles. The summed E-state index contributed by atoms with van der Waals surface area (Å²) in [5.41, 5.74) is 1.10. The third-order valence-corrected chi connectivity index (χ3v) is 3.67. The molecule has 0 amide bonds. The molecule has 0 aliphatic rings. The zero-order valence-electron chi connectivity index (χ0n) is 12.5. The van der Waals surface area contributed by atoms with Gasteiger partial charge < -0.3 is 9.73 Å². The van der Waals surface area contributed by atoms with Gasteiger partial charge in [0.15, 0.2) is 0 Å². The predicted molar refractivity (Wildman–Crippen MR) is 86.3 cm³/mol. The summed E-state index contributed by atoms with van der Waals surface area (Å²) < 4.78 is 6.03. The number of aromatic nitrogens is 1. The van der Waals surface area contributed by atoms with Crippen molar-refractivity contribution in [3.05, 3.63) is 54.6 Å². The summed E-state index contributed by atoms with van der Waals surface area (Å²) in [5.74, 6) is 1.92. The van der Waals surface area contributed by atoms with E-state index < -0.39 is 0 Å². The van der Waals surface area contributed by atoms with E-state index in [1.54, 1.807) is 0 Å². The van der Waals surface area contributed by atoms with Gasteiger partial charge in [0.2, 0.25) is 0 Å². The molecule has 0 saturated carbocycles. The molecule has 3 nitrogen and oxygen atoms in total. The minimum absolute atomic E-state index is 0.420. The molecule has 108 valence electrons. The third-order valence-electron chi connectivity index (χ3n) is 3.67. The van der Waals surface area contributed by atoms with E-state index in [0.29, 0.717) is 6.04 Å². The lowest BCUT2D eigenvalue weighted by molar-refractivity contribution is 0.470. The number of hydrogen-bond acceptors (Lipinski definition) is 3. The lowest BCUT2D eigenvalue weighted by Gasteiger charge is -2.09. The Morgan fingerprint density at radius 3 is 2.95 bits per heavy atom. The SMILES string of the molecule is CCNC(C)Cc1ccc(-c2cccc3ccncc23)o1. The average molecular weight is 280 g/mol. The number of benzene rings is 1. The molecule has 0 saturated heterocycles. The highest BCUT2D eigenvalue weighted by atomic mass is 16.3. The van der Waals surface area contributed by atoms with Gasteiger partial charge in [-0.15, -0.1) is 0 Å². The monoisotopic (exact) mass is 280 g/mol. The lowest BCUT2D eigenvalue weighted by Crippen LogP contribution is -2.27. The van der Waals surface area contributed by atoms with Crippen LogP contribution in [0.25, 0.3) is 22.1 Å². The van der Waals surface area contributed by atoms with E-state index >= 15 is 0 Å². The quantitative estimate of drug-likeness (QED) is 0.766. The summed E-state index contributed by atoms with van der Waals surface area (Å²) in [6.07, 6.45) is 4.61. The molecule has 21 heavy (non-hydrogen) atoms. The zero-order chi connectivity index (χ0) is 14.7. The standard InChI is InChI=1S/C18H20N2O/c1-3-20-13(2)11-15-7-8-18(21-15)16-6-4-5-14-9-10-19-12-17(14)16/h4-10,12-13,20H,3,11H2,1-2H3. The van der Waals surface area contributed by atoms with Crippen LogP contribution in [0.2, 0.25) is 0 Å². The summed E-state index contributed by atoms with van der Waals surface area (Å²) in [7, 11) is 0. The molecule has 1 N–H and O–H groups in total.